The third-order valence-corrected chi connectivity index (χ3v) is 4.03. The molecule has 18 heavy (non-hydrogen) atoms. The van der Waals surface area contributed by atoms with Crippen LogP contribution in [0.15, 0.2) is 24.3 Å². The van der Waals surface area contributed by atoms with Crippen LogP contribution in [0.3, 0.4) is 0 Å². The van der Waals surface area contributed by atoms with E-state index in [2.05, 4.69) is 35.3 Å². The molecule has 1 aromatic carbocycles. The molecule has 1 saturated heterocycles. The van der Waals surface area contributed by atoms with E-state index in [1.165, 1.54) is 31.5 Å². The molecule has 0 aromatic heterocycles. The molecule has 0 spiro atoms. The summed E-state index contributed by atoms with van der Waals surface area (Å²) in [7, 11) is 2.04. The summed E-state index contributed by atoms with van der Waals surface area (Å²) in [5.41, 5.74) is 1.37. The van der Waals surface area contributed by atoms with Gasteiger partial charge in [-0.1, -0.05) is 30.7 Å². The Morgan fingerprint density at radius 3 is 2.94 bits per heavy atom. The van der Waals surface area contributed by atoms with Crippen LogP contribution in [0.2, 0.25) is 5.02 Å². The molecule has 1 heterocycles. The van der Waals surface area contributed by atoms with Crippen LogP contribution in [0, 0.1) is 5.92 Å². The van der Waals surface area contributed by atoms with Crippen LogP contribution in [0.4, 0.5) is 0 Å². The highest BCUT2D eigenvalue weighted by Crippen LogP contribution is 2.37. The SMILES string of the molecule is CCCN1CCC(CNC)C1c1cccc(Cl)c1. The first kappa shape index (κ1) is 13.9. The third kappa shape index (κ3) is 3.05. The Morgan fingerprint density at radius 2 is 2.28 bits per heavy atom. The molecule has 0 radical (unpaired) electrons. The Labute approximate surface area is 115 Å². The molecule has 3 heteroatoms. The molecule has 1 aliphatic rings. The second-order valence-electron chi connectivity index (χ2n) is 5.14. The highest BCUT2D eigenvalue weighted by atomic mass is 35.5. The Kier molecular flexibility index (Phi) is 5.04. The summed E-state index contributed by atoms with van der Waals surface area (Å²) in [5.74, 6) is 0.694. The standard InChI is InChI=1S/C15H23ClN2/c1-3-8-18-9-7-13(11-17-2)15(18)12-5-4-6-14(16)10-12/h4-6,10,13,15,17H,3,7-9,11H2,1-2H3. The van der Waals surface area contributed by atoms with Crippen LogP contribution < -0.4 is 5.32 Å². The maximum absolute atomic E-state index is 6.14. The van der Waals surface area contributed by atoms with Crippen LogP contribution >= 0.6 is 11.6 Å². The molecule has 2 nitrogen and oxygen atoms in total. The maximum atomic E-state index is 6.14. The molecule has 1 fully saturated rings. The van der Waals surface area contributed by atoms with Gasteiger partial charge in [-0.3, -0.25) is 4.90 Å². The topological polar surface area (TPSA) is 15.3 Å². The predicted octanol–water partition coefficient (Wildman–Crippen LogP) is 3.33. The summed E-state index contributed by atoms with van der Waals surface area (Å²) in [5, 5.41) is 4.17. The summed E-state index contributed by atoms with van der Waals surface area (Å²) < 4.78 is 0. The fourth-order valence-corrected chi connectivity index (χ4v) is 3.31. The first-order valence-electron chi connectivity index (χ1n) is 6.90. The molecule has 2 atom stereocenters. The molecule has 2 rings (SSSR count). The van der Waals surface area contributed by atoms with E-state index in [4.69, 9.17) is 11.6 Å². The zero-order valence-corrected chi connectivity index (χ0v) is 12.1. The van der Waals surface area contributed by atoms with E-state index in [9.17, 15) is 0 Å². The second-order valence-corrected chi connectivity index (χ2v) is 5.58. The molecule has 1 aliphatic heterocycles. The largest absolute Gasteiger partial charge is 0.319 e. The number of hydrogen-bond donors (Lipinski definition) is 1. The van der Waals surface area contributed by atoms with Crippen molar-refractivity contribution in [2.24, 2.45) is 5.92 Å². The molecule has 1 aromatic rings. The predicted molar refractivity (Wildman–Crippen MR) is 78.1 cm³/mol. The zero-order valence-electron chi connectivity index (χ0n) is 11.3. The fourth-order valence-electron chi connectivity index (χ4n) is 3.11. The van der Waals surface area contributed by atoms with Gasteiger partial charge in [-0.25, -0.2) is 0 Å². The molecule has 100 valence electrons. The smallest absolute Gasteiger partial charge is 0.0409 e. The van der Waals surface area contributed by atoms with Gasteiger partial charge in [0.05, 0.1) is 0 Å². The van der Waals surface area contributed by atoms with E-state index < -0.39 is 0 Å². The van der Waals surface area contributed by atoms with Gasteiger partial charge in [0.25, 0.3) is 0 Å². The molecule has 0 bridgehead atoms. The van der Waals surface area contributed by atoms with Crippen molar-refractivity contribution < 1.29 is 0 Å². The molecule has 0 aliphatic carbocycles. The first-order chi connectivity index (χ1) is 8.76. The summed E-state index contributed by atoms with van der Waals surface area (Å²) in [6, 6.07) is 8.89. The van der Waals surface area contributed by atoms with Crippen molar-refractivity contribution in [2.45, 2.75) is 25.8 Å². The molecular formula is C15H23ClN2. The van der Waals surface area contributed by atoms with Gasteiger partial charge in [0.1, 0.15) is 0 Å². The van der Waals surface area contributed by atoms with Crippen molar-refractivity contribution in [3.8, 4) is 0 Å². The van der Waals surface area contributed by atoms with E-state index in [-0.39, 0.29) is 0 Å². The van der Waals surface area contributed by atoms with Crippen LogP contribution in [0.1, 0.15) is 31.4 Å². The lowest BCUT2D eigenvalue weighted by atomic mass is 9.93. The lowest BCUT2D eigenvalue weighted by Crippen LogP contribution is -2.29. The summed E-state index contributed by atoms with van der Waals surface area (Å²) in [4.78, 5) is 2.60. The number of rotatable bonds is 5. The normalized spacial score (nSPS) is 24.6. The Balaban J connectivity index is 2.22. The van der Waals surface area contributed by atoms with Crippen LogP contribution in [0.5, 0.6) is 0 Å². The highest BCUT2D eigenvalue weighted by Gasteiger charge is 2.34. The average molecular weight is 267 g/mol. The van der Waals surface area contributed by atoms with Gasteiger partial charge in [0, 0.05) is 11.1 Å². The quantitative estimate of drug-likeness (QED) is 0.880. The van der Waals surface area contributed by atoms with Gasteiger partial charge in [-0.2, -0.15) is 0 Å². The van der Waals surface area contributed by atoms with Gasteiger partial charge < -0.3 is 5.32 Å². The van der Waals surface area contributed by atoms with Crippen LogP contribution in [0.25, 0.3) is 0 Å². The molecule has 0 saturated carbocycles. The minimum absolute atomic E-state index is 0.524. The molecular weight excluding hydrogens is 244 g/mol. The molecule has 2 unspecified atom stereocenters. The van der Waals surface area contributed by atoms with Crippen molar-refractivity contribution in [3.63, 3.8) is 0 Å². The second kappa shape index (κ2) is 6.55. The minimum atomic E-state index is 0.524. The maximum Gasteiger partial charge on any atom is 0.0409 e. The number of benzene rings is 1. The van der Waals surface area contributed by atoms with Gasteiger partial charge in [-0.05, 0) is 63.1 Å². The Morgan fingerprint density at radius 1 is 1.44 bits per heavy atom. The lowest BCUT2D eigenvalue weighted by molar-refractivity contribution is 0.227. The van der Waals surface area contributed by atoms with Gasteiger partial charge >= 0.3 is 0 Å². The monoisotopic (exact) mass is 266 g/mol. The van der Waals surface area contributed by atoms with Gasteiger partial charge in [0.2, 0.25) is 0 Å². The van der Waals surface area contributed by atoms with Gasteiger partial charge in [-0.15, -0.1) is 0 Å². The number of halogens is 1. The van der Waals surface area contributed by atoms with Crippen molar-refractivity contribution in [2.75, 3.05) is 26.7 Å². The van der Waals surface area contributed by atoms with E-state index in [1.54, 1.807) is 0 Å². The number of likely N-dealkylation sites (tertiary alicyclic amines) is 1. The average Bonchev–Trinajstić information content (AvgIpc) is 2.73. The zero-order chi connectivity index (χ0) is 13.0. The van der Waals surface area contributed by atoms with Crippen molar-refractivity contribution in [1.29, 1.82) is 0 Å². The van der Waals surface area contributed by atoms with Crippen molar-refractivity contribution in [1.82, 2.24) is 10.2 Å². The van der Waals surface area contributed by atoms with E-state index in [0.29, 0.717) is 12.0 Å². The third-order valence-electron chi connectivity index (χ3n) is 3.79. The first-order valence-corrected chi connectivity index (χ1v) is 7.28. The number of hydrogen-bond acceptors (Lipinski definition) is 2. The van der Waals surface area contributed by atoms with E-state index in [1.807, 2.05) is 13.1 Å². The van der Waals surface area contributed by atoms with Gasteiger partial charge in [0.15, 0.2) is 0 Å². The summed E-state index contributed by atoms with van der Waals surface area (Å²) in [6.45, 7) is 5.71. The Bertz CT molecular complexity index is 367. The Hall–Kier alpha value is -0.570. The number of nitrogens with zero attached hydrogens (tertiary/aromatic N) is 1. The van der Waals surface area contributed by atoms with Crippen molar-refractivity contribution in [3.05, 3.63) is 34.9 Å². The summed E-state index contributed by atoms with van der Waals surface area (Å²) in [6.07, 6.45) is 2.49. The van der Waals surface area contributed by atoms with E-state index in [0.717, 1.165) is 11.6 Å². The van der Waals surface area contributed by atoms with E-state index >= 15 is 0 Å². The number of nitrogens with one attached hydrogen (secondary N) is 1. The van der Waals surface area contributed by atoms with Crippen LogP contribution in [-0.2, 0) is 0 Å². The highest BCUT2D eigenvalue weighted by molar-refractivity contribution is 6.30. The molecule has 0 amide bonds. The summed E-state index contributed by atoms with van der Waals surface area (Å²) >= 11 is 6.14. The lowest BCUT2D eigenvalue weighted by Gasteiger charge is -2.28. The van der Waals surface area contributed by atoms with Crippen molar-refractivity contribution >= 4 is 11.6 Å². The fraction of sp³-hybridized carbons (Fsp3) is 0.600. The van der Waals surface area contributed by atoms with Crippen LogP contribution in [-0.4, -0.2) is 31.6 Å². The molecule has 1 N–H and O–H groups in total. The minimum Gasteiger partial charge on any atom is -0.319 e.